The average Bonchev–Trinajstić information content (AvgIpc) is 2.13. The van der Waals surface area contributed by atoms with Crippen molar-refractivity contribution in [2.75, 3.05) is 6.61 Å². The van der Waals surface area contributed by atoms with Gasteiger partial charge in [-0.15, -0.1) is 0 Å². The molecule has 0 atom stereocenters. The fourth-order valence-corrected chi connectivity index (χ4v) is 1.35. The van der Waals surface area contributed by atoms with Crippen LogP contribution in [-0.2, 0) is 4.74 Å². The summed E-state index contributed by atoms with van der Waals surface area (Å²) in [5, 5.41) is 0. The Labute approximate surface area is 103 Å². The molecule has 2 nitrogen and oxygen atoms in total. The van der Waals surface area contributed by atoms with Gasteiger partial charge in [0.2, 0.25) is 0 Å². The molecule has 1 aromatic carbocycles. The Balaban J connectivity index is 2.74. The van der Waals surface area contributed by atoms with Gasteiger partial charge in [-0.05, 0) is 23.6 Å². The molecular formula is C12H14BrFO2. The Kier molecular flexibility index (Phi) is 4.08. The van der Waals surface area contributed by atoms with Gasteiger partial charge in [-0.25, -0.2) is 9.18 Å². The minimum Gasteiger partial charge on any atom is -0.461 e. The normalized spacial score (nSPS) is 11.3. The number of ether oxygens (including phenoxy) is 1. The molecule has 0 saturated heterocycles. The summed E-state index contributed by atoms with van der Waals surface area (Å²) in [7, 11) is 0. The van der Waals surface area contributed by atoms with Crippen LogP contribution in [0.4, 0.5) is 4.39 Å². The lowest BCUT2D eigenvalue weighted by atomic mass is 9.99. The summed E-state index contributed by atoms with van der Waals surface area (Å²) in [6.45, 7) is 6.09. The van der Waals surface area contributed by atoms with Crippen LogP contribution in [0.5, 0.6) is 0 Å². The van der Waals surface area contributed by atoms with Crippen molar-refractivity contribution in [2.24, 2.45) is 5.41 Å². The van der Waals surface area contributed by atoms with Gasteiger partial charge < -0.3 is 4.74 Å². The molecule has 0 spiro atoms. The predicted molar refractivity (Wildman–Crippen MR) is 63.8 cm³/mol. The molecule has 16 heavy (non-hydrogen) atoms. The van der Waals surface area contributed by atoms with Gasteiger partial charge in [0.05, 0.1) is 12.2 Å². The van der Waals surface area contributed by atoms with E-state index in [0.29, 0.717) is 4.47 Å². The summed E-state index contributed by atoms with van der Waals surface area (Å²) in [6, 6.07) is 4.26. The summed E-state index contributed by atoms with van der Waals surface area (Å²) in [5.41, 5.74) is -0.158. The first-order chi connectivity index (χ1) is 7.29. The molecule has 0 radical (unpaired) electrons. The molecule has 0 aliphatic rings. The van der Waals surface area contributed by atoms with E-state index < -0.39 is 11.8 Å². The summed E-state index contributed by atoms with van der Waals surface area (Å²) >= 11 is 3.12. The molecule has 0 aliphatic heterocycles. The minimum absolute atomic E-state index is 0.0348. The average molecular weight is 289 g/mol. The van der Waals surface area contributed by atoms with Crippen LogP contribution in [0.15, 0.2) is 22.7 Å². The lowest BCUT2D eigenvalue weighted by molar-refractivity contribution is 0.0361. The highest BCUT2D eigenvalue weighted by Gasteiger charge is 2.17. The molecule has 0 N–H and O–H groups in total. The number of carbonyl (C=O) groups is 1. The summed E-state index contributed by atoms with van der Waals surface area (Å²) < 4.78 is 19.0. The molecule has 0 aliphatic carbocycles. The SMILES string of the molecule is CC(C)(C)COC(=O)c1ccc(Br)cc1F. The van der Waals surface area contributed by atoms with Crippen LogP contribution in [0, 0.1) is 11.2 Å². The van der Waals surface area contributed by atoms with Crippen LogP contribution >= 0.6 is 15.9 Å². The molecule has 0 bridgehead atoms. The highest BCUT2D eigenvalue weighted by atomic mass is 79.9. The highest BCUT2D eigenvalue weighted by Crippen LogP contribution is 2.18. The maximum atomic E-state index is 13.4. The van der Waals surface area contributed by atoms with Crippen molar-refractivity contribution in [3.8, 4) is 0 Å². The molecule has 0 saturated carbocycles. The largest absolute Gasteiger partial charge is 0.461 e. The van der Waals surface area contributed by atoms with Crippen molar-refractivity contribution >= 4 is 21.9 Å². The fourth-order valence-electron chi connectivity index (χ4n) is 1.01. The van der Waals surface area contributed by atoms with Gasteiger partial charge in [0.1, 0.15) is 5.82 Å². The van der Waals surface area contributed by atoms with Crippen LogP contribution in [-0.4, -0.2) is 12.6 Å². The van der Waals surface area contributed by atoms with Gasteiger partial charge in [-0.2, -0.15) is 0 Å². The number of hydrogen-bond donors (Lipinski definition) is 0. The number of rotatable bonds is 2. The number of halogens is 2. The molecule has 0 unspecified atom stereocenters. The number of carbonyl (C=O) groups excluding carboxylic acids is 1. The molecule has 0 heterocycles. The Morgan fingerprint density at radius 3 is 2.56 bits per heavy atom. The second-order valence-corrected chi connectivity index (χ2v) is 5.68. The smallest absolute Gasteiger partial charge is 0.341 e. The Bertz CT molecular complexity index is 396. The van der Waals surface area contributed by atoms with Crippen LogP contribution in [0.25, 0.3) is 0 Å². The summed E-state index contributed by atoms with van der Waals surface area (Å²) in [5.74, 6) is -1.20. The maximum absolute atomic E-state index is 13.4. The quantitative estimate of drug-likeness (QED) is 0.774. The van der Waals surface area contributed by atoms with Crippen LogP contribution in [0.1, 0.15) is 31.1 Å². The van der Waals surface area contributed by atoms with Gasteiger partial charge in [-0.1, -0.05) is 36.7 Å². The van der Waals surface area contributed by atoms with E-state index in [1.165, 1.54) is 12.1 Å². The van der Waals surface area contributed by atoms with Crippen LogP contribution in [0.2, 0.25) is 0 Å². The second kappa shape index (κ2) is 4.95. The third kappa shape index (κ3) is 3.93. The first-order valence-electron chi connectivity index (χ1n) is 4.92. The lowest BCUT2D eigenvalue weighted by Gasteiger charge is -2.17. The van der Waals surface area contributed by atoms with Crippen molar-refractivity contribution in [3.05, 3.63) is 34.1 Å². The number of benzene rings is 1. The maximum Gasteiger partial charge on any atom is 0.341 e. The molecular weight excluding hydrogens is 275 g/mol. The van der Waals surface area contributed by atoms with Crippen molar-refractivity contribution in [1.82, 2.24) is 0 Å². The Morgan fingerprint density at radius 1 is 1.44 bits per heavy atom. The molecule has 1 aromatic rings. The highest BCUT2D eigenvalue weighted by molar-refractivity contribution is 9.10. The van der Waals surface area contributed by atoms with Gasteiger partial charge in [0.25, 0.3) is 0 Å². The first-order valence-corrected chi connectivity index (χ1v) is 5.71. The molecule has 88 valence electrons. The van der Waals surface area contributed by atoms with Crippen molar-refractivity contribution in [2.45, 2.75) is 20.8 Å². The molecule has 4 heteroatoms. The van der Waals surface area contributed by atoms with Crippen LogP contribution < -0.4 is 0 Å². The molecule has 0 aromatic heterocycles. The number of hydrogen-bond acceptors (Lipinski definition) is 2. The van der Waals surface area contributed by atoms with E-state index >= 15 is 0 Å². The van der Waals surface area contributed by atoms with Crippen molar-refractivity contribution in [3.63, 3.8) is 0 Å². The summed E-state index contributed by atoms with van der Waals surface area (Å²) in [4.78, 5) is 11.5. The third-order valence-electron chi connectivity index (χ3n) is 1.79. The van der Waals surface area contributed by atoms with Crippen LogP contribution in [0.3, 0.4) is 0 Å². The van der Waals surface area contributed by atoms with E-state index in [9.17, 15) is 9.18 Å². The van der Waals surface area contributed by atoms with Crippen molar-refractivity contribution < 1.29 is 13.9 Å². The van der Waals surface area contributed by atoms with Gasteiger partial charge in [0, 0.05) is 4.47 Å². The van der Waals surface area contributed by atoms with E-state index in [-0.39, 0.29) is 17.6 Å². The van der Waals surface area contributed by atoms with E-state index in [1.807, 2.05) is 20.8 Å². The standard InChI is InChI=1S/C12H14BrFO2/c1-12(2,3)7-16-11(15)9-5-4-8(13)6-10(9)14/h4-6H,7H2,1-3H3. The minimum atomic E-state index is -0.625. The van der Waals surface area contributed by atoms with Gasteiger partial charge >= 0.3 is 5.97 Å². The molecule has 1 rings (SSSR count). The fraction of sp³-hybridized carbons (Fsp3) is 0.417. The summed E-state index contributed by atoms with van der Waals surface area (Å²) in [6.07, 6.45) is 0. The van der Waals surface area contributed by atoms with Crippen molar-refractivity contribution in [1.29, 1.82) is 0 Å². The second-order valence-electron chi connectivity index (χ2n) is 4.76. The molecule has 0 fully saturated rings. The third-order valence-corrected chi connectivity index (χ3v) is 2.28. The zero-order valence-corrected chi connectivity index (χ0v) is 11.1. The molecule has 0 amide bonds. The van der Waals surface area contributed by atoms with Gasteiger partial charge in [0.15, 0.2) is 0 Å². The number of esters is 1. The van der Waals surface area contributed by atoms with E-state index in [1.54, 1.807) is 6.07 Å². The topological polar surface area (TPSA) is 26.3 Å². The predicted octanol–water partition coefficient (Wildman–Crippen LogP) is 3.79. The monoisotopic (exact) mass is 288 g/mol. The zero-order valence-electron chi connectivity index (χ0n) is 9.51. The Morgan fingerprint density at radius 2 is 2.06 bits per heavy atom. The van der Waals surface area contributed by atoms with E-state index in [2.05, 4.69) is 15.9 Å². The first kappa shape index (κ1) is 13.2. The van der Waals surface area contributed by atoms with E-state index in [4.69, 9.17) is 4.74 Å². The van der Waals surface area contributed by atoms with Gasteiger partial charge in [-0.3, -0.25) is 0 Å². The van der Waals surface area contributed by atoms with E-state index in [0.717, 1.165) is 0 Å². The Hall–Kier alpha value is -0.900. The lowest BCUT2D eigenvalue weighted by Crippen LogP contribution is -2.19. The zero-order chi connectivity index (χ0) is 12.3.